The lowest BCUT2D eigenvalue weighted by atomic mass is 10.0. The first kappa shape index (κ1) is 21.9. The minimum atomic E-state index is -4.48. The van der Waals surface area contributed by atoms with Gasteiger partial charge in [0, 0.05) is 16.3 Å². The molecule has 1 fully saturated rings. The number of rotatable bonds is 3. The summed E-state index contributed by atoms with van der Waals surface area (Å²) in [5, 5.41) is 0.423. The molecular formula is C24H16ClF3N2O2S. The van der Waals surface area contributed by atoms with Crippen LogP contribution in [-0.4, -0.2) is 17.6 Å². The van der Waals surface area contributed by atoms with Crippen LogP contribution in [-0.2, 0) is 27.2 Å². The van der Waals surface area contributed by atoms with Gasteiger partial charge < -0.3 is 4.90 Å². The lowest BCUT2D eigenvalue weighted by Gasteiger charge is -2.33. The van der Waals surface area contributed by atoms with Crippen LogP contribution in [0.2, 0.25) is 5.02 Å². The number of alkyl halides is 3. The van der Waals surface area contributed by atoms with Crippen molar-refractivity contribution in [2.24, 2.45) is 0 Å². The molecule has 0 radical (unpaired) electrons. The maximum absolute atomic E-state index is 13.9. The lowest BCUT2D eigenvalue weighted by molar-refractivity contribution is -0.137. The number of benzene rings is 3. The van der Waals surface area contributed by atoms with Gasteiger partial charge >= 0.3 is 6.18 Å². The fourth-order valence-electron chi connectivity index (χ4n) is 4.36. The Morgan fingerprint density at radius 1 is 0.970 bits per heavy atom. The molecule has 3 aromatic rings. The highest BCUT2D eigenvalue weighted by molar-refractivity contribution is 8.02. The Hall–Kier alpha value is -2.97. The molecule has 1 spiro atoms. The number of halogens is 4. The Bertz CT molecular complexity index is 1280. The number of carbonyl (C=O) groups is 2. The Labute approximate surface area is 196 Å². The van der Waals surface area contributed by atoms with E-state index < -0.39 is 16.6 Å². The summed E-state index contributed by atoms with van der Waals surface area (Å²) in [6.45, 7) is -0.0559. The molecule has 0 aliphatic carbocycles. The number of hydrogen-bond acceptors (Lipinski definition) is 3. The van der Waals surface area contributed by atoms with Gasteiger partial charge in [-0.05, 0) is 42.0 Å². The Morgan fingerprint density at radius 2 is 1.73 bits per heavy atom. The molecule has 0 aromatic heterocycles. The first-order valence-corrected chi connectivity index (χ1v) is 11.4. The van der Waals surface area contributed by atoms with Crippen LogP contribution in [0.3, 0.4) is 0 Å². The molecule has 1 atom stereocenters. The number of fused-ring (bicyclic) bond motifs is 2. The Kier molecular flexibility index (Phi) is 5.17. The zero-order valence-corrected chi connectivity index (χ0v) is 18.5. The van der Waals surface area contributed by atoms with E-state index in [-0.39, 0.29) is 24.1 Å². The Balaban J connectivity index is 1.61. The average molecular weight is 489 g/mol. The van der Waals surface area contributed by atoms with E-state index in [2.05, 4.69) is 0 Å². The summed E-state index contributed by atoms with van der Waals surface area (Å²) < 4.78 is 39.6. The third-order valence-electron chi connectivity index (χ3n) is 5.73. The molecule has 9 heteroatoms. The van der Waals surface area contributed by atoms with Crippen LogP contribution < -0.4 is 9.80 Å². The molecule has 168 valence electrons. The minimum absolute atomic E-state index is 0.0559. The largest absolute Gasteiger partial charge is 0.416 e. The zero-order valence-electron chi connectivity index (χ0n) is 17.0. The van der Waals surface area contributed by atoms with Crippen LogP contribution in [0.25, 0.3) is 0 Å². The van der Waals surface area contributed by atoms with Gasteiger partial charge in [-0.15, -0.1) is 11.8 Å². The number of carbonyl (C=O) groups excluding carboxylic acids is 2. The van der Waals surface area contributed by atoms with Crippen molar-refractivity contribution in [1.82, 2.24) is 0 Å². The third-order valence-corrected chi connectivity index (χ3v) is 7.35. The van der Waals surface area contributed by atoms with Gasteiger partial charge in [-0.2, -0.15) is 13.2 Å². The fourth-order valence-corrected chi connectivity index (χ4v) is 5.90. The van der Waals surface area contributed by atoms with E-state index in [0.717, 1.165) is 12.1 Å². The van der Waals surface area contributed by atoms with Crippen LogP contribution in [0.15, 0.2) is 72.8 Å². The molecule has 2 heterocycles. The topological polar surface area (TPSA) is 40.6 Å². The second-order valence-electron chi connectivity index (χ2n) is 7.75. The summed E-state index contributed by atoms with van der Waals surface area (Å²) in [5.74, 6) is -0.535. The van der Waals surface area contributed by atoms with Gasteiger partial charge in [0.05, 0.1) is 23.5 Å². The van der Waals surface area contributed by atoms with E-state index in [1.807, 2.05) is 0 Å². The SMILES string of the molecule is O=C1CSC2(C(=O)N(Cc3cccc(C(F)(F)F)c3)c3ccccc32)N1c1cccc(Cl)c1. The number of hydrogen-bond donors (Lipinski definition) is 0. The molecule has 4 nitrogen and oxygen atoms in total. The molecule has 0 N–H and O–H groups in total. The van der Waals surface area contributed by atoms with E-state index in [1.165, 1.54) is 27.6 Å². The number of nitrogens with zero attached hydrogens (tertiary/aromatic N) is 2. The van der Waals surface area contributed by atoms with Crippen LogP contribution in [0.1, 0.15) is 16.7 Å². The summed E-state index contributed by atoms with van der Waals surface area (Å²) in [6.07, 6.45) is -4.48. The first-order valence-electron chi connectivity index (χ1n) is 10.0. The van der Waals surface area contributed by atoms with Crippen molar-refractivity contribution in [1.29, 1.82) is 0 Å². The molecule has 0 bridgehead atoms. The van der Waals surface area contributed by atoms with Gasteiger partial charge in [0.1, 0.15) is 0 Å². The number of anilines is 2. The average Bonchev–Trinajstić information content (AvgIpc) is 3.24. The van der Waals surface area contributed by atoms with Gasteiger partial charge in [-0.1, -0.05) is 48.0 Å². The molecule has 2 aliphatic heterocycles. The van der Waals surface area contributed by atoms with Crippen LogP contribution in [0, 0.1) is 0 Å². The molecular weight excluding hydrogens is 473 g/mol. The third kappa shape index (κ3) is 3.48. The quantitative estimate of drug-likeness (QED) is 0.465. The standard InChI is InChI=1S/C24H16ClF3N2O2S/c25-17-7-4-8-18(12-17)30-21(31)14-33-23(30)19-9-1-2-10-20(19)29(22(23)32)13-15-5-3-6-16(11-15)24(26,27)28/h1-12H,13-14H2. The highest BCUT2D eigenvalue weighted by atomic mass is 35.5. The van der Waals surface area contributed by atoms with Gasteiger partial charge in [-0.3, -0.25) is 14.5 Å². The van der Waals surface area contributed by atoms with Gasteiger partial charge in [-0.25, -0.2) is 0 Å². The molecule has 1 saturated heterocycles. The predicted molar refractivity (Wildman–Crippen MR) is 122 cm³/mol. The van der Waals surface area contributed by atoms with Crippen molar-refractivity contribution in [2.75, 3.05) is 15.6 Å². The normalized spacial score (nSPS) is 20.1. The highest BCUT2D eigenvalue weighted by Gasteiger charge is 2.60. The Morgan fingerprint density at radius 3 is 2.48 bits per heavy atom. The van der Waals surface area contributed by atoms with Crippen molar-refractivity contribution in [3.8, 4) is 0 Å². The van der Waals surface area contributed by atoms with Crippen molar-refractivity contribution >= 4 is 46.6 Å². The minimum Gasteiger partial charge on any atom is -0.304 e. The summed E-state index contributed by atoms with van der Waals surface area (Å²) in [6, 6.07) is 18.7. The molecule has 1 unspecified atom stereocenters. The van der Waals surface area contributed by atoms with Gasteiger partial charge in [0.15, 0.2) is 0 Å². The maximum Gasteiger partial charge on any atom is 0.416 e. The predicted octanol–water partition coefficient (Wildman–Crippen LogP) is 5.84. The monoisotopic (exact) mass is 488 g/mol. The molecule has 3 aromatic carbocycles. The van der Waals surface area contributed by atoms with Crippen molar-refractivity contribution in [2.45, 2.75) is 17.6 Å². The summed E-state index contributed by atoms with van der Waals surface area (Å²) in [5.41, 5.74) is 1.24. The summed E-state index contributed by atoms with van der Waals surface area (Å²) >= 11 is 7.36. The molecule has 2 aliphatic rings. The van der Waals surface area contributed by atoms with Gasteiger partial charge in [0.25, 0.3) is 5.91 Å². The molecule has 5 rings (SSSR count). The van der Waals surface area contributed by atoms with E-state index in [9.17, 15) is 22.8 Å². The lowest BCUT2D eigenvalue weighted by Crippen LogP contribution is -2.49. The van der Waals surface area contributed by atoms with Crippen molar-refractivity contribution in [3.05, 3.63) is 94.5 Å². The fraction of sp³-hybridized carbons (Fsp3) is 0.167. The number of thioether (sulfide) groups is 1. The summed E-state index contributed by atoms with van der Waals surface area (Å²) in [7, 11) is 0. The second kappa shape index (κ2) is 7.81. The van der Waals surface area contributed by atoms with E-state index in [0.29, 0.717) is 27.5 Å². The van der Waals surface area contributed by atoms with Crippen LogP contribution in [0.5, 0.6) is 0 Å². The van der Waals surface area contributed by atoms with E-state index >= 15 is 0 Å². The maximum atomic E-state index is 13.9. The summed E-state index contributed by atoms with van der Waals surface area (Å²) in [4.78, 5) is 28.5. The zero-order chi connectivity index (χ0) is 23.4. The first-order chi connectivity index (χ1) is 15.7. The van der Waals surface area contributed by atoms with Crippen LogP contribution >= 0.6 is 23.4 Å². The highest BCUT2D eigenvalue weighted by Crippen LogP contribution is 2.56. The second-order valence-corrected chi connectivity index (χ2v) is 9.35. The van der Waals surface area contributed by atoms with Crippen molar-refractivity contribution in [3.63, 3.8) is 0 Å². The number of amides is 2. The molecule has 2 amide bonds. The van der Waals surface area contributed by atoms with E-state index in [4.69, 9.17) is 11.6 Å². The van der Waals surface area contributed by atoms with E-state index in [1.54, 1.807) is 54.6 Å². The number of para-hydroxylation sites is 1. The smallest absolute Gasteiger partial charge is 0.304 e. The van der Waals surface area contributed by atoms with Gasteiger partial charge in [0.2, 0.25) is 10.8 Å². The van der Waals surface area contributed by atoms with Crippen molar-refractivity contribution < 1.29 is 22.8 Å². The molecule has 0 saturated carbocycles. The molecule has 33 heavy (non-hydrogen) atoms. The van der Waals surface area contributed by atoms with Crippen LogP contribution in [0.4, 0.5) is 24.5 Å².